The van der Waals surface area contributed by atoms with E-state index in [1.54, 1.807) is 23.3 Å². The van der Waals surface area contributed by atoms with Crippen molar-refractivity contribution >= 4 is 23.2 Å². The van der Waals surface area contributed by atoms with Crippen LogP contribution < -0.4 is 4.74 Å². The second kappa shape index (κ2) is 12.9. The van der Waals surface area contributed by atoms with Crippen LogP contribution in [0.4, 0.5) is 0 Å². The smallest absolute Gasteiger partial charge is 0.249 e. The van der Waals surface area contributed by atoms with Crippen LogP contribution in [0.25, 0.3) is 0 Å². The molecule has 1 aromatic carbocycles. The van der Waals surface area contributed by atoms with Gasteiger partial charge in [-0.3, -0.25) is 9.59 Å². The maximum Gasteiger partial charge on any atom is 0.249 e. The monoisotopic (exact) mass is 488 g/mol. The Morgan fingerprint density at radius 3 is 2.59 bits per heavy atom. The van der Waals surface area contributed by atoms with Gasteiger partial charge in [0, 0.05) is 38.8 Å². The molecule has 1 aliphatic rings. The van der Waals surface area contributed by atoms with Gasteiger partial charge in [-0.25, -0.2) is 0 Å². The maximum absolute atomic E-state index is 13.4. The van der Waals surface area contributed by atoms with Gasteiger partial charge < -0.3 is 24.0 Å². The van der Waals surface area contributed by atoms with Crippen molar-refractivity contribution in [3.8, 4) is 5.75 Å². The van der Waals surface area contributed by atoms with Gasteiger partial charge in [0.15, 0.2) is 0 Å². The number of hydrogen-bond donors (Lipinski definition) is 0. The number of fused-ring (bicyclic) bond motifs is 1. The number of carbonyl (C=O) groups excluding carboxylic acids is 2. The standard InChI is InChI=1S/C26H36N2O5S/c1-19(2)20-6-8-21(9-7-20)33-17-23-22-11-15-34-24(22)10-13-28(23)25(29)16-27(12-5-14-31-3)26(30)18-32-4/h6-9,11,15,19,23H,5,10,12-14,16-18H2,1-4H3. The van der Waals surface area contributed by atoms with Crippen molar-refractivity contribution in [1.29, 1.82) is 0 Å². The Kier molecular flexibility index (Phi) is 9.92. The molecular weight excluding hydrogens is 452 g/mol. The first kappa shape index (κ1) is 26.2. The van der Waals surface area contributed by atoms with Crippen LogP contribution in [0.15, 0.2) is 35.7 Å². The van der Waals surface area contributed by atoms with Crippen molar-refractivity contribution in [1.82, 2.24) is 9.80 Å². The summed E-state index contributed by atoms with van der Waals surface area (Å²) in [6.45, 7) is 6.24. The molecule has 0 saturated carbocycles. The van der Waals surface area contributed by atoms with Crippen molar-refractivity contribution < 1.29 is 23.8 Å². The Morgan fingerprint density at radius 2 is 1.91 bits per heavy atom. The lowest BCUT2D eigenvalue weighted by Gasteiger charge is -2.37. The molecule has 3 rings (SSSR count). The quantitative estimate of drug-likeness (QED) is 0.424. The van der Waals surface area contributed by atoms with E-state index in [9.17, 15) is 9.59 Å². The summed E-state index contributed by atoms with van der Waals surface area (Å²) in [5.74, 6) is 0.970. The molecule has 2 aromatic rings. The summed E-state index contributed by atoms with van der Waals surface area (Å²) < 4.78 is 16.3. The van der Waals surface area contributed by atoms with Crippen molar-refractivity contribution in [2.24, 2.45) is 0 Å². The molecule has 1 unspecified atom stereocenters. The number of thiophene rings is 1. The van der Waals surface area contributed by atoms with Crippen LogP contribution in [0, 0.1) is 0 Å². The van der Waals surface area contributed by atoms with Gasteiger partial charge in [-0.05, 0) is 53.5 Å². The zero-order valence-corrected chi connectivity index (χ0v) is 21.4. The highest BCUT2D eigenvalue weighted by Gasteiger charge is 2.33. The van der Waals surface area contributed by atoms with E-state index in [2.05, 4.69) is 37.4 Å². The van der Waals surface area contributed by atoms with Crippen LogP contribution in [-0.2, 0) is 25.5 Å². The first-order chi connectivity index (χ1) is 16.4. The minimum Gasteiger partial charge on any atom is -0.491 e. The second-order valence-electron chi connectivity index (χ2n) is 8.78. The summed E-state index contributed by atoms with van der Waals surface area (Å²) in [4.78, 5) is 30.7. The number of nitrogens with zero attached hydrogens (tertiary/aromatic N) is 2. The zero-order valence-electron chi connectivity index (χ0n) is 20.6. The molecule has 1 aliphatic heterocycles. The lowest BCUT2D eigenvalue weighted by atomic mass is 10.00. The third kappa shape index (κ3) is 6.81. The first-order valence-corrected chi connectivity index (χ1v) is 12.7. The summed E-state index contributed by atoms with van der Waals surface area (Å²) in [5, 5.41) is 2.07. The van der Waals surface area contributed by atoms with Gasteiger partial charge in [0.25, 0.3) is 0 Å². The van der Waals surface area contributed by atoms with Gasteiger partial charge in [0.2, 0.25) is 11.8 Å². The van der Waals surface area contributed by atoms with Crippen molar-refractivity contribution in [2.45, 2.75) is 38.6 Å². The van der Waals surface area contributed by atoms with E-state index in [0.29, 0.717) is 38.6 Å². The molecule has 0 radical (unpaired) electrons. The molecule has 0 bridgehead atoms. The minimum atomic E-state index is -0.196. The largest absolute Gasteiger partial charge is 0.491 e. The highest BCUT2D eigenvalue weighted by atomic mass is 32.1. The molecule has 7 nitrogen and oxygen atoms in total. The van der Waals surface area contributed by atoms with Gasteiger partial charge in [-0.2, -0.15) is 0 Å². The van der Waals surface area contributed by atoms with Crippen molar-refractivity contribution in [3.63, 3.8) is 0 Å². The molecular formula is C26H36N2O5S. The van der Waals surface area contributed by atoms with E-state index in [1.165, 1.54) is 17.6 Å². The fourth-order valence-electron chi connectivity index (χ4n) is 4.16. The van der Waals surface area contributed by atoms with E-state index < -0.39 is 0 Å². The average molecular weight is 489 g/mol. The summed E-state index contributed by atoms with van der Waals surface area (Å²) >= 11 is 1.72. The van der Waals surface area contributed by atoms with Crippen molar-refractivity contribution in [3.05, 3.63) is 51.7 Å². The molecule has 1 atom stereocenters. The summed E-state index contributed by atoms with van der Waals surface area (Å²) in [7, 11) is 3.11. The third-order valence-corrected chi connectivity index (χ3v) is 7.09. The first-order valence-electron chi connectivity index (χ1n) is 11.8. The van der Waals surface area contributed by atoms with Gasteiger partial charge in [-0.1, -0.05) is 26.0 Å². The number of carbonyl (C=O) groups is 2. The fraction of sp³-hybridized carbons (Fsp3) is 0.538. The minimum absolute atomic E-state index is 0.0188. The number of methoxy groups -OCH3 is 2. The molecule has 2 amide bonds. The van der Waals surface area contributed by atoms with Crippen molar-refractivity contribution in [2.75, 3.05) is 53.7 Å². The Morgan fingerprint density at radius 1 is 1.15 bits per heavy atom. The Bertz CT molecular complexity index is 928. The van der Waals surface area contributed by atoms with Gasteiger partial charge >= 0.3 is 0 Å². The number of benzene rings is 1. The predicted octanol–water partition coefficient (Wildman–Crippen LogP) is 3.89. The molecule has 1 aromatic heterocycles. The number of ether oxygens (including phenoxy) is 3. The molecule has 34 heavy (non-hydrogen) atoms. The van der Waals surface area contributed by atoms with Crippen LogP contribution in [0.3, 0.4) is 0 Å². The molecule has 0 aliphatic carbocycles. The molecule has 0 saturated heterocycles. The molecule has 186 valence electrons. The fourth-order valence-corrected chi connectivity index (χ4v) is 5.09. The summed E-state index contributed by atoms with van der Waals surface area (Å²) in [5.41, 5.74) is 2.40. The second-order valence-corrected chi connectivity index (χ2v) is 9.78. The lowest BCUT2D eigenvalue weighted by Crippen LogP contribution is -2.48. The van der Waals surface area contributed by atoms with Crippen LogP contribution in [0.1, 0.15) is 48.2 Å². The Labute approximate surface area is 206 Å². The average Bonchev–Trinajstić information content (AvgIpc) is 3.31. The predicted molar refractivity (Wildman–Crippen MR) is 133 cm³/mol. The lowest BCUT2D eigenvalue weighted by molar-refractivity contribution is -0.144. The van der Waals surface area contributed by atoms with Crippen LogP contribution in [-0.4, -0.2) is 75.3 Å². The topological polar surface area (TPSA) is 68.3 Å². The summed E-state index contributed by atoms with van der Waals surface area (Å²) in [6.07, 6.45) is 1.47. The number of amides is 2. The number of hydrogen-bond acceptors (Lipinski definition) is 6. The third-order valence-electron chi connectivity index (χ3n) is 6.09. The molecule has 0 spiro atoms. The van der Waals surface area contributed by atoms with E-state index in [1.807, 2.05) is 17.0 Å². The molecule has 2 heterocycles. The van der Waals surface area contributed by atoms with Crippen LogP contribution in [0.5, 0.6) is 5.75 Å². The Balaban J connectivity index is 1.72. The van der Waals surface area contributed by atoms with Gasteiger partial charge in [0.1, 0.15) is 19.0 Å². The zero-order chi connectivity index (χ0) is 24.5. The van der Waals surface area contributed by atoms with E-state index in [0.717, 1.165) is 17.7 Å². The molecule has 0 N–H and O–H groups in total. The molecule has 8 heteroatoms. The highest BCUT2D eigenvalue weighted by molar-refractivity contribution is 7.10. The SMILES string of the molecule is COCCCN(CC(=O)N1CCc2sccc2C1COc1ccc(C(C)C)cc1)C(=O)COC. The van der Waals surface area contributed by atoms with E-state index in [4.69, 9.17) is 14.2 Å². The van der Waals surface area contributed by atoms with Gasteiger partial charge in [0.05, 0.1) is 12.6 Å². The normalized spacial score (nSPS) is 15.3. The van der Waals surface area contributed by atoms with Gasteiger partial charge in [-0.15, -0.1) is 11.3 Å². The van der Waals surface area contributed by atoms with E-state index in [-0.39, 0.29) is 31.0 Å². The summed E-state index contributed by atoms with van der Waals surface area (Å²) in [6, 6.07) is 10.0. The highest BCUT2D eigenvalue weighted by Crippen LogP contribution is 2.34. The molecule has 0 fully saturated rings. The van der Waals surface area contributed by atoms with Crippen LogP contribution in [0.2, 0.25) is 0 Å². The number of rotatable bonds is 12. The van der Waals surface area contributed by atoms with Crippen LogP contribution >= 0.6 is 11.3 Å². The Hall–Kier alpha value is -2.42. The maximum atomic E-state index is 13.4. The van der Waals surface area contributed by atoms with E-state index >= 15 is 0 Å².